The maximum Gasteiger partial charge on any atom is 0.265 e. The van der Waals surface area contributed by atoms with E-state index in [1.54, 1.807) is 30.3 Å². The fraction of sp³-hybridized carbons (Fsp3) is 0.480. The normalized spacial score (nSPS) is 21.6. The lowest BCUT2D eigenvalue weighted by molar-refractivity contribution is -0.135. The lowest BCUT2D eigenvalue weighted by Crippen LogP contribution is -2.53. The lowest BCUT2D eigenvalue weighted by Gasteiger charge is -2.38. The van der Waals surface area contributed by atoms with Crippen LogP contribution in [0.15, 0.2) is 41.8 Å². The summed E-state index contributed by atoms with van der Waals surface area (Å²) in [6.07, 6.45) is 1.18. The smallest absolute Gasteiger partial charge is 0.265 e. The molecule has 0 spiro atoms. The summed E-state index contributed by atoms with van der Waals surface area (Å²) in [7, 11) is 0. The van der Waals surface area contributed by atoms with Gasteiger partial charge in [-0.15, -0.1) is 11.3 Å². The summed E-state index contributed by atoms with van der Waals surface area (Å²) in [5, 5.41) is 4.72. The third-order valence-electron chi connectivity index (χ3n) is 6.35. The first-order valence-corrected chi connectivity index (χ1v) is 12.5. The molecule has 2 fully saturated rings. The minimum Gasteiger partial charge on any atom is -0.341 e. The molecule has 176 valence electrons. The van der Waals surface area contributed by atoms with Gasteiger partial charge in [-0.3, -0.25) is 19.3 Å². The highest BCUT2D eigenvalue weighted by molar-refractivity contribution is 7.12. The van der Waals surface area contributed by atoms with Gasteiger partial charge in [0.25, 0.3) is 11.8 Å². The summed E-state index contributed by atoms with van der Waals surface area (Å²) < 4.78 is 0. The number of piperazine rings is 1. The summed E-state index contributed by atoms with van der Waals surface area (Å²) in [4.78, 5) is 44.7. The molecule has 0 bridgehead atoms. The number of thiophene rings is 1. The second-order valence-corrected chi connectivity index (χ2v) is 10.3. The topological polar surface area (TPSA) is 73.0 Å². The van der Waals surface area contributed by atoms with Crippen LogP contribution >= 0.6 is 11.3 Å². The van der Waals surface area contributed by atoms with Gasteiger partial charge in [0.1, 0.15) is 0 Å². The number of carbonyl (C=O) groups is 3. The van der Waals surface area contributed by atoms with Gasteiger partial charge in [0.2, 0.25) is 5.91 Å². The molecular weight excluding hydrogens is 436 g/mol. The second-order valence-electron chi connectivity index (χ2n) is 9.33. The maximum absolute atomic E-state index is 13.0. The third-order valence-corrected chi connectivity index (χ3v) is 7.22. The Morgan fingerprint density at radius 2 is 1.70 bits per heavy atom. The first-order chi connectivity index (χ1) is 15.9. The number of hydrogen-bond acceptors (Lipinski definition) is 5. The van der Waals surface area contributed by atoms with Crippen LogP contribution in [0.3, 0.4) is 0 Å². The molecule has 0 unspecified atom stereocenters. The summed E-state index contributed by atoms with van der Waals surface area (Å²) >= 11 is 1.38. The molecule has 4 rings (SSSR count). The van der Waals surface area contributed by atoms with Gasteiger partial charge in [-0.05, 0) is 47.9 Å². The molecule has 3 amide bonds. The highest BCUT2D eigenvalue weighted by Gasteiger charge is 2.28. The van der Waals surface area contributed by atoms with Gasteiger partial charge in [0.15, 0.2) is 0 Å². The van der Waals surface area contributed by atoms with Crippen molar-refractivity contribution in [1.82, 2.24) is 14.7 Å². The van der Waals surface area contributed by atoms with Crippen molar-refractivity contribution in [1.29, 1.82) is 0 Å². The number of nitrogens with one attached hydrogen (secondary N) is 1. The molecule has 1 N–H and O–H groups in total. The second kappa shape index (κ2) is 10.5. The Morgan fingerprint density at radius 3 is 2.36 bits per heavy atom. The van der Waals surface area contributed by atoms with Crippen molar-refractivity contribution >= 4 is 34.7 Å². The maximum atomic E-state index is 13.0. The van der Waals surface area contributed by atoms with Gasteiger partial charge >= 0.3 is 0 Å². The fourth-order valence-corrected chi connectivity index (χ4v) is 5.40. The number of rotatable bonds is 5. The molecule has 33 heavy (non-hydrogen) atoms. The largest absolute Gasteiger partial charge is 0.341 e. The van der Waals surface area contributed by atoms with Crippen molar-refractivity contribution < 1.29 is 14.4 Å². The number of anilines is 1. The van der Waals surface area contributed by atoms with Gasteiger partial charge in [0, 0.05) is 50.5 Å². The lowest BCUT2D eigenvalue weighted by atomic mass is 9.92. The Hall–Kier alpha value is -2.71. The number of carbonyl (C=O) groups excluding carboxylic acids is 3. The molecule has 8 heteroatoms. The van der Waals surface area contributed by atoms with E-state index in [2.05, 4.69) is 24.1 Å². The number of piperidine rings is 1. The van der Waals surface area contributed by atoms with E-state index in [1.807, 2.05) is 21.2 Å². The van der Waals surface area contributed by atoms with E-state index >= 15 is 0 Å². The van der Waals surface area contributed by atoms with Crippen molar-refractivity contribution in [3.8, 4) is 0 Å². The molecule has 1 aromatic heterocycles. The van der Waals surface area contributed by atoms with Crippen molar-refractivity contribution in [2.45, 2.75) is 20.3 Å². The number of amides is 3. The Bertz CT molecular complexity index is 975. The summed E-state index contributed by atoms with van der Waals surface area (Å²) in [5.41, 5.74) is 1.16. The zero-order valence-electron chi connectivity index (χ0n) is 19.3. The van der Waals surface area contributed by atoms with Gasteiger partial charge in [0.05, 0.1) is 11.4 Å². The van der Waals surface area contributed by atoms with E-state index in [1.165, 1.54) is 17.8 Å². The molecule has 2 saturated heterocycles. The fourth-order valence-electron chi connectivity index (χ4n) is 4.78. The van der Waals surface area contributed by atoms with Crippen molar-refractivity contribution in [2.24, 2.45) is 11.8 Å². The summed E-state index contributed by atoms with van der Waals surface area (Å²) in [5.74, 6) is 1.08. The zero-order chi connectivity index (χ0) is 23.4. The van der Waals surface area contributed by atoms with Crippen LogP contribution in [0.4, 0.5) is 5.69 Å². The quantitative estimate of drug-likeness (QED) is 0.731. The van der Waals surface area contributed by atoms with E-state index < -0.39 is 0 Å². The number of nitrogens with zero attached hydrogens (tertiary/aromatic N) is 3. The van der Waals surface area contributed by atoms with E-state index in [-0.39, 0.29) is 17.7 Å². The van der Waals surface area contributed by atoms with Crippen LogP contribution in [0.1, 0.15) is 40.3 Å². The van der Waals surface area contributed by atoms with Crippen LogP contribution in [0.2, 0.25) is 0 Å². The van der Waals surface area contributed by atoms with E-state index in [0.717, 1.165) is 13.1 Å². The molecule has 2 aliphatic heterocycles. The predicted molar refractivity (Wildman–Crippen MR) is 131 cm³/mol. The van der Waals surface area contributed by atoms with Gasteiger partial charge < -0.3 is 15.1 Å². The van der Waals surface area contributed by atoms with E-state index in [0.29, 0.717) is 60.7 Å². The van der Waals surface area contributed by atoms with Crippen LogP contribution < -0.4 is 5.32 Å². The molecule has 1 aromatic carbocycles. The van der Waals surface area contributed by atoms with E-state index in [9.17, 15) is 14.4 Å². The average Bonchev–Trinajstić information content (AvgIpc) is 3.34. The summed E-state index contributed by atoms with van der Waals surface area (Å²) in [6, 6.07) is 10.7. The minimum atomic E-state index is -0.176. The molecule has 0 saturated carbocycles. The first-order valence-electron chi connectivity index (χ1n) is 11.6. The number of likely N-dealkylation sites (tertiary alicyclic amines) is 1. The van der Waals surface area contributed by atoms with Gasteiger partial charge in [-0.2, -0.15) is 0 Å². The molecular formula is C25H32N4O3S. The molecule has 7 nitrogen and oxygen atoms in total. The SMILES string of the molecule is C[C@@H]1C[C@@H](C)CN(C(=O)CN2CCN(C(=O)c3cccc(NC(=O)c4cccs4)c3)CC2)C1. The summed E-state index contributed by atoms with van der Waals surface area (Å²) in [6.45, 7) is 9.09. The molecule has 3 heterocycles. The van der Waals surface area contributed by atoms with Gasteiger partial charge in [-0.25, -0.2) is 0 Å². The van der Waals surface area contributed by atoms with Gasteiger partial charge in [-0.1, -0.05) is 26.0 Å². The van der Waals surface area contributed by atoms with Crippen molar-refractivity contribution in [2.75, 3.05) is 51.1 Å². The molecule has 2 aliphatic rings. The van der Waals surface area contributed by atoms with E-state index in [4.69, 9.17) is 0 Å². The Kier molecular flexibility index (Phi) is 7.45. The highest BCUT2D eigenvalue weighted by atomic mass is 32.1. The minimum absolute atomic E-state index is 0.0492. The third kappa shape index (κ3) is 6.00. The van der Waals surface area contributed by atoms with Crippen LogP contribution in [0, 0.1) is 11.8 Å². The van der Waals surface area contributed by atoms with Crippen LogP contribution in [0.5, 0.6) is 0 Å². The average molecular weight is 469 g/mol. The number of hydrogen-bond donors (Lipinski definition) is 1. The van der Waals surface area contributed by atoms with Crippen LogP contribution in [-0.4, -0.2) is 78.2 Å². The molecule has 2 aromatic rings. The molecule has 0 radical (unpaired) electrons. The van der Waals surface area contributed by atoms with Crippen LogP contribution in [-0.2, 0) is 4.79 Å². The first kappa shape index (κ1) is 23.4. The van der Waals surface area contributed by atoms with Crippen LogP contribution in [0.25, 0.3) is 0 Å². The molecule has 0 aliphatic carbocycles. The zero-order valence-corrected chi connectivity index (χ0v) is 20.1. The highest BCUT2D eigenvalue weighted by Crippen LogP contribution is 2.21. The standard InChI is InChI=1S/C25H32N4O3S/c1-18-13-19(2)16-29(15-18)23(30)17-27-8-10-28(11-9-27)25(32)20-5-3-6-21(14-20)26-24(31)22-7-4-12-33-22/h3-7,12,14,18-19H,8-11,13,15-17H2,1-2H3,(H,26,31)/t18-,19-/m1/s1. The predicted octanol–water partition coefficient (Wildman–Crippen LogP) is 3.26. The Balaban J connectivity index is 1.28. The Labute approximate surface area is 199 Å². The monoisotopic (exact) mass is 468 g/mol. The number of benzene rings is 1. The van der Waals surface area contributed by atoms with Crippen molar-refractivity contribution in [3.05, 3.63) is 52.2 Å². The molecule has 2 atom stereocenters. The Morgan fingerprint density at radius 1 is 0.970 bits per heavy atom. The van der Waals surface area contributed by atoms with Crippen molar-refractivity contribution in [3.63, 3.8) is 0 Å².